The van der Waals surface area contributed by atoms with Gasteiger partial charge in [0, 0.05) is 31.5 Å². The third-order valence-electron chi connectivity index (χ3n) is 7.10. The average Bonchev–Trinajstić information content (AvgIpc) is 2.91. The Labute approximate surface area is 266 Å². The van der Waals surface area contributed by atoms with Crippen molar-refractivity contribution in [3.05, 3.63) is 99.0 Å². The van der Waals surface area contributed by atoms with Gasteiger partial charge >= 0.3 is 0 Å². The number of hydrogen-bond acceptors (Lipinski definition) is 4. The van der Waals surface area contributed by atoms with Crippen LogP contribution in [0.3, 0.4) is 0 Å². The van der Waals surface area contributed by atoms with Gasteiger partial charge in [0.2, 0.25) is 21.8 Å². The zero-order valence-corrected chi connectivity index (χ0v) is 28.0. The molecule has 7 nitrogen and oxygen atoms in total. The van der Waals surface area contributed by atoms with E-state index in [0.717, 1.165) is 22.3 Å². The Balaban J connectivity index is 1.94. The van der Waals surface area contributed by atoms with Gasteiger partial charge in [-0.15, -0.1) is 0 Å². The summed E-state index contributed by atoms with van der Waals surface area (Å²) in [6, 6.07) is 19.4. The minimum Gasteiger partial charge on any atom is -0.350 e. The smallest absolute Gasteiger partial charge is 0.243 e. The van der Waals surface area contributed by atoms with E-state index in [2.05, 4.69) is 5.32 Å². The first kappa shape index (κ1) is 34.4. The monoisotopic (exact) mass is 645 g/mol. The Hall–Kier alpha value is -3.07. The second-order valence-corrected chi connectivity index (χ2v) is 14.6. The van der Waals surface area contributed by atoms with Crippen LogP contribution in [0, 0.1) is 13.8 Å². The summed E-state index contributed by atoms with van der Waals surface area (Å²) in [5.41, 5.74) is 3.53. The van der Waals surface area contributed by atoms with E-state index < -0.39 is 21.6 Å². The molecular formula is C33H41Cl2N3O4S. The number of carbonyl (C=O) groups is 2. The number of amides is 2. The van der Waals surface area contributed by atoms with Gasteiger partial charge < -0.3 is 10.2 Å². The predicted molar refractivity (Wildman–Crippen MR) is 176 cm³/mol. The number of halogens is 2. The van der Waals surface area contributed by atoms with Crippen molar-refractivity contribution in [3.8, 4) is 0 Å². The Bertz CT molecular complexity index is 1540. The van der Waals surface area contributed by atoms with E-state index in [0.29, 0.717) is 22.2 Å². The number of nitrogens with one attached hydrogen (secondary N) is 1. The van der Waals surface area contributed by atoms with Crippen LogP contribution >= 0.6 is 23.2 Å². The molecule has 0 aliphatic carbocycles. The summed E-state index contributed by atoms with van der Waals surface area (Å²) in [4.78, 5) is 29.3. The number of sulfonamides is 1. The molecule has 0 saturated carbocycles. The molecule has 10 heteroatoms. The van der Waals surface area contributed by atoms with Gasteiger partial charge in [-0.25, -0.2) is 8.42 Å². The van der Waals surface area contributed by atoms with E-state index in [4.69, 9.17) is 23.2 Å². The molecule has 0 bridgehead atoms. The SMILES string of the molecule is Cc1cccc(N(CCCC(=O)N(Cc2ccc(Cl)c(Cl)c2)[C@H](Cc2ccccc2)C(=O)NC(C)(C)C)S(C)(=O)=O)c1C. The lowest BCUT2D eigenvalue weighted by atomic mass is 10.00. The molecule has 0 heterocycles. The quantitative estimate of drug-likeness (QED) is 0.237. The van der Waals surface area contributed by atoms with Crippen molar-refractivity contribution in [1.82, 2.24) is 10.2 Å². The summed E-state index contributed by atoms with van der Waals surface area (Å²) < 4.78 is 26.9. The second kappa shape index (κ2) is 14.6. The molecule has 43 heavy (non-hydrogen) atoms. The third-order valence-corrected chi connectivity index (χ3v) is 9.02. The summed E-state index contributed by atoms with van der Waals surface area (Å²) in [5.74, 6) is -0.552. The van der Waals surface area contributed by atoms with Crippen LogP contribution in [-0.4, -0.2) is 49.5 Å². The van der Waals surface area contributed by atoms with Gasteiger partial charge in [0.15, 0.2) is 0 Å². The van der Waals surface area contributed by atoms with Gasteiger partial charge in [0.1, 0.15) is 6.04 Å². The standard InChI is InChI=1S/C33H41Cl2N3O4S/c1-23-12-10-15-29(24(23)2)38(43(6,41)42)19-11-16-31(39)37(22-26-17-18-27(34)28(35)20-26)30(32(40)36-33(3,4)5)21-25-13-8-7-9-14-25/h7-10,12-15,17-18,20,30H,11,16,19,21-22H2,1-6H3,(H,36,40)/t30-/m1/s1. The van der Waals surface area contributed by atoms with E-state index in [1.165, 1.54) is 10.6 Å². The highest BCUT2D eigenvalue weighted by Gasteiger charge is 2.32. The molecule has 3 aromatic rings. The summed E-state index contributed by atoms with van der Waals surface area (Å²) >= 11 is 12.5. The maximum absolute atomic E-state index is 14.0. The normalized spacial score (nSPS) is 12.5. The molecular weight excluding hydrogens is 605 g/mol. The van der Waals surface area contributed by atoms with Crippen molar-refractivity contribution in [2.45, 2.75) is 72.0 Å². The largest absolute Gasteiger partial charge is 0.350 e. The Kier molecular flexibility index (Phi) is 11.7. The average molecular weight is 647 g/mol. The predicted octanol–water partition coefficient (Wildman–Crippen LogP) is 6.71. The highest BCUT2D eigenvalue weighted by atomic mass is 35.5. The lowest BCUT2D eigenvalue weighted by molar-refractivity contribution is -0.142. The number of hydrogen-bond donors (Lipinski definition) is 1. The van der Waals surface area contributed by atoms with Gasteiger partial charge in [-0.05, 0) is 81.5 Å². The number of rotatable bonds is 12. The van der Waals surface area contributed by atoms with Crippen LogP contribution in [-0.2, 0) is 32.6 Å². The minimum atomic E-state index is -3.61. The molecule has 1 atom stereocenters. The molecule has 3 rings (SSSR count). The van der Waals surface area contributed by atoms with Crippen molar-refractivity contribution in [2.24, 2.45) is 0 Å². The zero-order valence-electron chi connectivity index (χ0n) is 25.7. The zero-order chi connectivity index (χ0) is 31.9. The Morgan fingerprint density at radius 2 is 1.58 bits per heavy atom. The van der Waals surface area contributed by atoms with Crippen LogP contribution in [0.1, 0.15) is 55.9 Å². The lowest BCUT2D eigenvalue weighted by Crippen LogP contribution is -2.54. The number of anilines is 1. The Morgan fingerprint density at radius 3 is 2.19 bits per heavy atom. The molecule has 0 fully saturated rings. The van der Waals surface area contributed by atoms with Gasteiger partial charge in [-0.3, -0.25) is 13.9 Å². The van der Waals surface area contributed by atoms with Gasteiger partial charge in [-0.1, -0.05) is 71.7 Å². The first-order valence-corrected chi connectivity index (χ1v) is 16.8. The van der Waals surface area contributed by atoms with E-state index in [-0.39, 0.29) is 37.7 Å². The molecule has 0 aliphatic rings. The number of aryl methyl sites for hydroxylation is 1. The molecule has 3 aromatic carbocycles. The summed E-state index contributed by atoms with van der Waals surface area (Å²) in [7, 11) is -3.61. The fourth-order valence-electron chi connectivity index (χ4n) is 4.83. The summed E-state index contributed by atoms with van der Waals surface area (Å²) in [5, 5.41) is 3.78. The van der Waals surface area contributed by atoms with Crippen LogP contribution in [0.5, 0.6) is 0 Å². The maximum atomic E-state index is 14.0. The van der Waals surface area contributed by atoms with Crippen LogP contribution in [0.4, 0.5) is 5.69 Å². The first-order chi connectivity index (χ1) is 20.1. The molecule has 0 aromatic heterocycles. The van der Waals surface area contributed by atoms with E-state index in [1.54, 1.807) is 29.2 Å². The second-order valence-electron chi connectivity index (χ2n) is 11.9. The molecule has 232 valence electrons. The van der Waals surface area contributed by atoms with Crippen LogP contribution < -0.4 is 9.62 Å². The molecule has 0 radical (unpaired) electrons. The topological polar surface area (TPSA) is 86.8 Å². The van der Waals surface area contributed by atoms with Crippen molar-refractivity contribution >= 4 is 50.7 Å². The van der Waals surface area contributed by atoms with Gasteiger partial charge in [-0.2, -0.15) is 0 Å². The third kappa shape index (κ3) is 9.98. The van der Waals surface area contributed by atoms with Crippen molar-refractivity contribution in [1.29, 1.82) is 0 Å². The Morgan fingerprint density at radius 1 is 0.907 bits per heavy atom. The molecule has 0 unspecified atom stereocenters. The highest BCUT2D eigenvalue weighted by molar-refractivity contribution is 7.92. The maximum Gasteiger partial charge on any atom is 0.243 e. The number of carbonyl (C=O) groups excluding carboxylic acids is 2. The number of benzene rings is 3. The fraction of sp³-hybridized carbons (Fsp3) is 0.394. The van der Waals surface area contributed by atoms with Crippen molar-refractivity contribution in [2.75, 3.05) is 17.1 Å². The van der Waals surface area contributed by atoms with Crippen LogP contribution in [0.25, 0.3) is 0 Å². The van der Waals surface area contributed by atoms with E-state index in [1.807, 2.05) is 77.1 Å². The summed E-state index contributed by atoms with van der Waals surface area (Å²) in [6.07, 6.45) is 1.76. The van der Waals surface area contributed by atoms with Crippen LogP contribution in [0.15, 0.2) is 66.7 Å². The van der Waals surface area contributed by atoms with Crippen molar-refractivity contribution in [3.63, 3.8) is 0 Å². The van der Waals surface area contributed by atoms with Crippen LogP contribution in [0.2, 0.25) is 10.0 Å². The molecule has 1 N–H and O–H groups in total. The van der Waals surface area contributed by atoms with Gasteiger partial charge in [0.25, 0.3) is 0 Å². The van der Waals surface area contributed by atoms with E-state index >= 15 is 0 Å². The molecule has 0 spiro atoms. The fourth-order valence-corrected chi connectivity index (χ4v) is 6.17. The highest BCUT2D eigenvalue weighted by Crippen LogP contribution is 2.27. The molecule has 0 aliphatic heterocycles. The van der Waals surface area contributed by atoms with E-state index in [9.17, 15) is 18.0 Å². The first-order valence-electron chi connectivity index (χ1n) is 14.2. The number of nitrogens with zero attached hydrogens (tertiary/aromatic N) is 2. The minimum absolute atomic E-state index is 0.0340. The lowest BCUT2D eigenvalue weighted by Gasteiger charge is -2.34. The summed E-state index contributed by atoms with van der Waals surface area (Å²) in [6.45, 7) is 9.73. The molecule has 2 amide bonds. The van der Waals surface area contributed by atoms with Crippen molar-refractivity contribution < 1.29 is 18.0 Å². The molecule has 0 saturated heterocycles. The van der Waals surface area contributed by atoms with Gasteiger partial charge in [0.05, 0.1) is 22.0 Å².